The zero-order chi connectivity index (χ0) is 23.3. The van der Waals surface area contributed by atoms with Gasteiger partial charge in [0.2, 0.25) is 0 Å². The van der Waals surface area contributed by atoms with Crippen LogP contribution < -0.4 is 4.18 Å². The van der Waals surface area contributed by atoms with E-state index in [2.05, 4.69) is 15.3 Å². The highest BCUT2D eigenvalue weighted by Crippen LogP contribution is 2.37. The van der Waals surface area contributed by atoms with Gasteiger partial charge in [-0.15, -0.1) is 10.2 Å². The Kier molecular flexibility index (Phi) is 5.20. The van der Waals surface area contributed by atoms with Crippen LogP contribution in [0.25, 0.3) is 16.9 Å². The SMILES string of the molecule is Cc1ccc(S(=O)(=O)Oc2nn3c(-c4cc(F)ccc4F)nncc3c2C(C)(C)C)cc1. The molecular formula is C22H20F2N4O3S. The average Bonchev–Trinajstić information content (AvgIpc) is 3.07. The van der Waals surface area contributed by atoms with Crippen molar-refractivity contribution in [2.45, 2.75) is 38.0 Å². The van der Waals surface area contributed by atoms with Crippen LogP contribution in [0.3, 0.4) is 0 Å². The molecule has 10 heteroatoms. The third-order valence-electron chi connectivity index (χ3n) is 4.84. The van der Waals surface area contributed by atoms with Gasteiger partial charge in [0, 0.05) is 5.56 Å². The smallest absolute Gasteiger partial charge is 0.340 e. The summed E-state index contributed by atoms with van der Waals surface area (Å²) in [4.78, 5) is -0.0346. The third kappa shape index (κ3) is 3.93. The first-order valence-electron chi connectivity index (χ1n) is 9.69. The van der Waals surface area contributed by atoms with Crippen molar-refractivity contribution in [2.24, 2.45) is 0 Å². The molecule has 2 aromatic carbocycles. The van der Waals surface area contributed by atoms with E-state index in [0.717, 1.165) is 23.8 Å². The van der Waals surface area contributed by atoms with Gasteiger partial charge in [0.15, 0.2) is 5.82 Å². The molecule has 0 spiro atoms. The van der Waals surface area contributed by atoms with E-state index < -0.39 is 27.2 Å². The molecule has 7 nitrogen and oxygen atoms in total. The lowest BCUT2D eigenvalue weighted by Gasteiger charge is -2.18. The van der Waals surface area contributed by atoms with Crippen LogP contribution in [0, 0.1) is 18.6 Å². The Morgan fingerprint density at radius 2 is 1.72 bits per heavy atom. The minimum Gasteiger partial charge on any atom is -0.356 e. The van der Waals surface area contributed by atoms with E-state index in [-0.39, 0.29) is 22.2 Å². The Balaban J connectivity index is 1.93. The molecule has 0 amide bonds. The molecule has 0 bridgehead atoms. The standard InChI is InChI=1S/C22H20F2N4O3S/c1-13-5-8-15(9-6-13)32(29,30)31-21-19(22(2,3)4)18-12-25-26-20(28(18)27-21)16-11-14(23)7-10-17(16)24/h5-12H,1-4H3. The summed E-state index contributed by atoms with van der Waals surface area (Å²) in [6.45, 7) is 7.37. The van der Waals surface area contributed by atoms with Gasteiger partial charge >= 0.3 is 10.1 Å². The number of aromatic nitrogens is 4. The summed E-state index contributed by atoms with van der Waals surface area (Å²) in [5.41, 5.74) is 0.895. The van der Waals surface area contributed by atoms with Crippen molar-refractivity contribution in [2.75, 3.05) is 0 Å². The molecule has 166 valence electrons. The Bertz CT molecular complexity index is 1430. The quantitative estimate of drug-likeness (QED) is 0.420. The molecule has 4 rings (SSSR count). The monoisotopic (exact) mass is 458 g/mol. The summed E-state index contributed by atoms with van der Waals surface area (Å²) in [6.07, 6.45) is 1.37. The fraction of sp³-hybridized carbons (Fsp3) is 0.227. The molecule has 0 radical (unpaired) electrons. The summed E-state index contributed by atoms with van der Waals surface area (Å²) >= 11 is 0. The van der Waals surface area contributed by atoms with Crippen molar-refractivity contribution >= 4 is 15.6 Å². The topological polar surface area (TPSA) is 86.5 Å². The van der Waals surface area contributed by atoms with Crippen LogP contribution in [0.2, 0.25) is 0 Å². The van der Waals surface area contributed by atoms with Gasteiger partial charge in [-0.05, 0) is 42.7 Å². The summed E-state index contributed by atoms with van der Waals surface area (Å²) in [7, 11) is -4.20. The molecular weight excluding hydrogens is 438 g/mol. The van der Waals surface area contributed by atoms with Gasteiger partial charge in [-0.3, -0.25) is 0 Å². The van der Waals surface area contributed by atoms with Gasteiger partial charge in [0.25, 0.3) is 5.88 Å². The van der Waals surface area contributed by atoms with E-state index in [1.807, 2.05) is 27.7 Å². The molecule has 0 unspecified atom stereocenters. The number of halogens is 2. The van der Waals surface area contributed by atoms with Crippen molar-refractivity contribution in [1.82, 2.24) is 19.8 Å². The average molecular weight is 458 g/mol. The highest BCUT2D eigenvalue weighted by atomic mass is 32.2. The van der Waals surface area contributed by atoms with Gasteiger partial charge in [0.05, 0.1) is 17.3 Å². The van der Waals surface area contributed by atoms with E-state index in [9.17, 15) is 17.2 Å². The predicted octanol–water partition coefficient (Wildman–Crippen LogP) is 4.44. The largest absolute Gasteiger partial charge is 0.356 e. The van der Waals surface area contributed by atoms with Gasteiger partial charge in [-0.25, -0.2) is 13.3 Å². The second kappa shape index (κ2) is 7.63. The summed E-state index contributed by atoms with van der Waals surface area (Å²) in [5, 5.41) is 12.1. The number of fused-ring (bicyclic) bond motifs is 1. The van der Waals surface area contributed by atoms with Crippen LogP contribution in [-0.4, -0.2) is 28.2 Å². The summed E-state index contributed by atoms with van der Waals surface area (Å²) in [5.74, 6) is -1.67. The minimum atomic E-state index is -4.20. The van der Waals surface area contributed by atoms with Gasteiger partial charge in [-0.1, -0.05) is 38.5 Å². The molecule has 0 N–H and O–H groups in total. The van der Waals surface area contributed by atoms with Crippen LogP contribution in [0.4, 0.5) is 8.78 Å². The fourth-order valence-electron chi connectivity index (χ4n) is 3.33. The van der Waals surface area contributed by atoms with Crippen molar-refractivity contribution in [1.29, 1.82) is 0 Å². The van der Waals surface area contributed by atoms with Crippen LogP contribution in [-0.2, 0) is 15.5 Å². The van der Waals surface area contributed by atoms with E-state index in [0.29, 0.717) is 11.1 Å². The molecule has 0 aliphatic heterocycles. The minimum absolute atomic E-state index is 0.0346. The first-order chi connectivity index (χ1) is 15.0. The lowest BCUT2D eigenvalue weighted by atomic mass is 9.88. The Morgan fingerprint density at radius 1 is 1.03 bits per heavy atom. The molecule has 0 atom stereocenters. The van der Waals surface area contributed by atoms with Crippen molar-refractivity contribution in [3.05, 3.63) is 71.4 Å². The maximum atomic E-state index is 14.4. The van der Waals surface area contributed by atoms with Crippen molar-refractivity contribution in [3.63, 3.8) is 0 Å². The lowest BCUT2D eigenvalue weighted by molar-refractivity contribution is 0.460. The maximum Gasteiger partial charge on any atom is 0.340 e. The molecule has 0 fully saturated rings. The molecule has 0 saturated carbocycles. The predicted molar refractivity (Wildman–Crippen MR) is 114 cm³/mol. The first kappa shape index (κ1) is 21.8. The van der Waals surface area contributed by atoms with Crippen LogP contribution in [0.1, 0.15) is 31.9 Å². The van der Waals surface area contributed by atoms with E-state index in [1.165, 1.54) is 22.8 Å². The zero-order valence-corrected chi connectivity index (χ0v) is 18.6. The van der Waals surface area contributed by atoms with Crippen LogP contribution in [0.5, 0.6) is 5.88 Å². The molecule has 0 aliphatic rings. The number of nitrogens with zero attached hydrogens (tertiary/aromatic N) is 4. The molecule has 2 heterocycles. The molecule has 4 aromatic rings. The highest BCUT2D eigenvalue weighted by molar-refractivity contribution is 7.87. The second-order valence-electron chi connectivity index (χ2n) is 8.37. The normalized spacial score (nSPS) is 12.3. The Morgan fingerprint density at radius 3 is 2.38 bits per heavy atom. The molecule has 0 saturated heterocycles. The lowest BCUT2D eigenvalue weighted by Crippen LogP contribution is -2.16. The van der Waals surface area contributed by atoms with Gasteiger partial charge in [-0.2, -0.15) is 13.5 Å². The van der Waals surface area contributed by atoms with E-state index >= 15 is 0 Å². The van der Waals surface area contributed by atoms with Crippen molar-refractivity contribution < 1.29 is 21.4 Å². The van der Waals surface area contributed by atoms with Crippen molar-refractivity contribution in [3.8, 4) is 17.3 Å². The zero-order valence-electron chi connectivity index (χ0n) is 17.8. The van der Waals surface area contributed by atoms with E-state index in [1.54, 1.807) is 12.1 Å². The number of hydrogen-bond acceptors (Lipinski definition) is 6. The summed E-state index contributed by atoms with van der Waals surface area (Å²) in [6, 6.07) is 9.12. The number of aryl methyl sites for hydroxylation is 1. The van der Waals surface area contributed by atoms with Crippen LogP contribution >= 0.6 is 0 Å². The summed E-state index contributed by atoms with van der Waals surface area (Å²) < 4.78 is 60.7. The number of rotatable bonds is 4. The first-order valence-corrected chi connectivity index (χ1v) is 11.1. The van der Waals surface area contributed by atoms with Gasteiger partial charge < -0.3 is 4.18 Å². The van der Waals surface area contributed by atoms with Crippen LogP contribution in [0.15, 0.2) is 53.6 Å². The molecule has 0 aliphatic carbocycles. The number of benzene rings is 2. The Hall–Kier alpha value is -3.40. The van der Waals surface area contributed by atoms with Gasteiger partial charge in [0.1, 0.15) is 16.5 Å². The molecule has 32 heavy (non-hydrogen) atoms. The second-order valence-corrected chi connectivity index (χ2v) is 9.92. The Labute approximate surface area is 183 Å². The molecule has 2 aromatic heterocycles. The highest BCUT2D eigenvalue weighted by Gasteiger charge is 2.31. The fourth-order valence-corrected chi connectivity index (χ4v) is 4.22. The maximum absolute atomic E-state index is 14.4. The van der Waals surface area contributed by atoms with E-state index in [4.69, 9.17) is 4.18 Å². The number of hydrogen-bond donors (Lipinski definition) is 0. The third-order valence-corrected chi connectivity index (χ3v) is 6.07.